The summed E-state index contributed by atoms with van der Waals surface area (Å²) in [5.74, 6) is 3.05. The van der Waals surface area contributed by atoms with E-state index in [0.29, 0.717) is 6.54 Å². The number of benzene rings is 1. The Hall–Kier alpha value is -1.55. The van der Waals surface area contributed by atoms with Crippen LogP contribution in [0.5, 0.6) is 0 Å². The lowest BCUT2D eigenvalue weighted by Gasteiger charge is -2.38. The Labute approximate surface area is 194 Å². The maximum atomic E-state index is 6.35. The van der Waals surface area contributed by atoms with Crippen LogP contribution in [0.4, 0.5) is 5.69 Å². The second-order valence-electron chi connectivity index (χ2n) is 7.32. The van der Waals surface area contributed by atoms with Gasteiger partial charge in [0.05, 0.1) is 17.3 Å². The number of rotatable bonds is 3. The molecule has 9 heteroatoms. The van der Waals surface area contributed by atoms with Crippen LogP contribution >= 0.6 is 35.6 Å². The highest BCUT2D eigenvalue weighted by molar-refractivity contribution is 14.0. The lowest BCUT2D eigenvalue weighted by atomic mass is 10.2. The van der Waals surface area contributed by atoms with Crippen molar-refractivity contribution in [2.45, 2.75) is 38.8 Å². The van der Waals surface area contributed by atoms with Crippen LogP contribution in [0.2, 0.25) is 5.02 Å². The summed E-state index contributed by atoms with van der Waals surface area (Å²) in [5, 5.41) is 13.1. The van der Waals surface area contributed by atoms with Crippen LogP contribution in [-0.2, 0) is 19.5 Å². The first-order valence-electron chi connectivity index (χ1n) is 10.1. The summed E-state index contributed by atoms with van der Waals surface area (Å²) in [5.41, 5.74) is 1.11. The number of hydrogen-bond donors (Lipinski definition) is 1. The topological polar surface area (TPSA) is 61.6 Å². The average Bonchev–Trinajstić information content (AvgIpc) is 2.95. The van der Waals surface area contributed by atoms with Gasteiger partial charge in [-0.25, -0.2) is 0 Å². The summed E-state index contributed by atoms with van der Waals surface area (Å²) in [6, 6.07) is 8.04. The normalized spacial score (nSPS) is 17.4. The van der Waals surface area contributed by atoms with E-state index in [2.05, 4.69) is 40.9 Å². The molecule has 1 aromatic carbocycles. The van der Waals surface area contributed by atoms with E-state index in [1.54, 1.807) is 0 Å². The van der Waals surface area contributed by atoms with Crippen LogP contribution in [0.15, 0.2) is 29.3 Å². The predicted molar refractivity (Wildman–Crippen MR) is 128 cm³/mol. The summed E-state index contributed by atoms with van der Waals surface area (Å²) in [4.78, 5) is 9.12. The molecule has 0 saturated carbocycles. The van der Waals surface area contributed by atoms with E-state index in [4.69, 9.17) is 11.6 Å². The predicted octanol–water partition coefficient (Wildman–Crippen LogP) is 3.17. The van der Waals surface area contributed by atoms with Gasteiger partial charge >= 0.3 is 0 Å². The molecule has 4 rings (SSSR count). The maximum Gasteiger partial charge on any atom is 0.194 e. The zero-order valence-electron chi connectivity index (χ0n) is 16.8. The van der Waals surface area contributed by atoms with E-state index < -0.39 is 0 Å². The summed E-state index contributed by atoms with van der Waals surface area (Å²) < 4.78 is 2.28. The molecule has 0 spiro atoms. The number of aryl methyl sites for hydroxylation is 1. The molecule has 1 saturated heterocycles. The Balaban J connectivity index is 0.00000240. The van der Waals surface area contributed by atoms with E-state index in [1.165, 1.54) is 19.3 Å². The van der Waals surface area contributed by atoms with E-state index in [9.17, 15) is 0 Å². The summed E-state index contributed by atoms with van der Waals surface area (Å²) in [7, 11) is 1.84. The highest BCUT2D eigenvalue weighted by atomic mass is 127. The van der Waals surface area contributed by atoms with Crippen molar-refractivity contribution in [1.82, 2.24) is 25.0 Å². The molecule has 0 aliphatic carbocycles. The van der Waals surface area contributed by atoms with E-state index in [0.717, 1.165) is 67.5 Å². The highest BCUT2D eigenvalue weighted by Crippen LogP contribution is 2.26. The van der Waals surface area contributed by atoms with Crippen LogP contribution in [0.25, 0.3) is 0 Å². The van der Waals surface area contributed by atoms with Crippen molar-refractivity contribution in [3.8, 4) is 0 Å². The van der Waals surface area contributed by atoms with Gasteiger partial charge in [-0.2, -0.15) is 0 Å². The molecule has 2 aromatic rings. The molecule has 158 valence electrons. The second-order valence-corrected chi connectivity index (χ2v) is 7.73. The number of aromatic nitrogens is 3. The van der Waals surface area contributed by atoms with Crippen LogP contribution in [-0.4, -0.2) is 58.9 Å². The number of aliphatic imine (C=N–C) groups is 1. The Kier molecular flexibility index (Phi) is 7.99. The molecular weight excluding hydrogens is 501 g/mol. The van der Waals surface area contributed by atoms with Crippen molar-refractivity contribution in [3.63, 3.8) is 0 Å². The number of nitrogens with zero attached hydrogens (tertiary/aromatic N) is 6. The van der Waals surface area contributed by atoms with Gasteiger partial charge in [0.2, 0.25) is 0 Å². The number of nitrogens with one attached hydrogen (secondary N) is 1. The lowest BCUT2D eigenvalue weighted by molar-refractivity contribution is 0.371. The van der Waals surface area contributed by atoms with Gasteiger partial charge in [0.1, 0.15) is 5.82 Å². The fourth-order valence-corrected chi connectivity index (χ4v) is 4.29. The smallest absolute Gasteiger partial charge is 0.194 e. The van der Waals surface area contributed by atoms with Crippen molar-refractivity contribution in [2.75, 3.05) is 38.1 Å². The first-order valence-corrected chi connectivity index (χ1v) is 10.5. The molecule has 2 aliphatic heterocycles. The van der Waals surface area contributed by atoms with Crippen LogP contribution in [0.1, 0.15) is 30.9 Å². The van der Waals surface area contributed by atoms with Crippen molar-refractivity contribution < 1.29 is 0 Å². The Morgan fingerprint density at radius 1 is 1.07 bits per heavy atom. The molecule has 0 unspecified atom stereocenters. The molecule has 1 N–H and O–H groups in total. The molecule has 1 aromatic heterocycles. The van der Waals surface area contributed by atoms with Gasteiger partial charge in [-0.15, -0.1) is 34.2 Å². The fraction of sp³-hybridized carbons (Fsp3) is 0.550. The molecule has 0 radical (unpaired) electrons. The second kappa shape index (κ2) is 10.5. The lowest BCUT2D eigenvalue weighted by Crippen LogP contribution is -2.52. The summed E-state index contributed by atoms with van der Waals surface area (Å²) in [6.45, 7) is 5.33. The van der Waals surface area contributed by atoms with Gasteiger partial charge in [-0.05, 0) is 25.0 Å². The number of fused-ring (bicyclic) bond motifs is 1. The van der Waals surface area contributed by atoms with Crippen LogP contribution < -0.4 is 10.2 Å². The van der Waals surface area contributed by atoms with Crippen molar-refractivity contribution in [1.29, 1.82) is 0 Å². The number of para-hydroxylation sites is 1. The molecule has 1 fully saturated rings. The minimum atomic E-state index is 0. The standard InChI is InChI=1S/C20H28ClN7.HI/c1-22-20(23-15-19-25-24-18-9-3-2-6-10-28(18)19)27-13-11-26(12-14-27)17-8-5-4-7-16(17)21;/h4-5,7-8H,2-3,6,9-15H2,1H3,(H,22,23);1H. The summed E-state index contributed by atoms with van der Waals surface area (Å²) >= 11 is 6.35. The Morgan fingerprint density at radius 3 is 2.62 bits per heavy atom. The average molecular weight is 530 g/mol. The molecule has 0 bridgehead atoms. The van der Waals surface area contributed by atoms with Gasteiger partial charge in [0.15, 0.2) is 11.8 Å². The third-order valence-corrected chi connectivity index (χ3v) is 5.89. The molecule has 0 atom stereocenters. The Morgan fingerprint density at radius 2 is 1.86 bits per heavy atom. The third-order valence-electron chi connectivity index (χ3n) is 5.57. The van der Waals surface area contributed by atoms with Crippen LogP contribution in [0, 0.1) is 0 Å². The van der Waals surface area contributed by atoms with Gasteiger partial charge in [-0.1, -0.05) is 30.2 Å². The number of piperazine rings is 1. The van der Waals surface area contributed by atoms with Gasteiger partial charge in [0, 0.05) is 46.2 Å². The minimum absolute atomic E-state index is 0. The first-order chi connectivity index (χ1) is 13.8. The maximum absolute atomic E-state index is 6.35. The molecule has 0 amide bonds. The highest BCUT2D eigenvalue weighted by Gasteiger charge is 2.22. The molecular formula is C20H29ClIN7. The Bertz CT molecular complexity index is 830. The minimum Gasteiger partial charge on any atom is -0.367 e. The van der Waals surface area contributed by atoms with E-state index in [1.807, 2.05) is 25.2 Å². The largest absolute Gasteiger partial charge is 0.367 e. The molecule has 29 heavy (non-hydrogen) atoms. The van der Waals surface area contributed by atoms with E-state index >= 15 is 0 Å². The van der Waals surface area contributed by atoms with Crippen LogP contribution in [0.3, 0.4) is 0 Å². The SMILES string of the molecule is CN=C(NCc1nnc2n1CCCCC2)N1CCN(c2ccccc2Cl)CC1.I. The van der Waals surface area contributed by atoms with Gasteiger partial charge in [0.25, 0.3) is 0 Å². The monoisotopic (exact) mass is 529 g/mol. The van der Waals surface area contributed by atoms with Gasteiger partial charge in [-0.3, -0.25) is 4.99 Å². The quantitative estimate of drug-likeness (QED) is 0.376. The van der Waals surface area contributed by atoms with Gasteiger partial charge < -0.3 is 19.7 Å². The number of guanidine groups is 1. The van der Waals surface area contributed by atoms with Crippen molar-refractivity contribution in [3.05, 3.63) is 40.9 Å². The van der Waals surface area contributed by atoms with Crippen molar-refractivity contribution in [2.24, 2.45) is 4.99 Å². The zero-order chi connectivity index (χ0) is 19.3. The molecule has 2 aliphatic rings. The number of anilines is 1. The van der Waals surface area contributed by atoms with Crippen molar-refractivity contribution >= 4 is 47.2 Å². The fourth-order valence-electron chi connectivity index (χ4n) is 4.03. The van der Waals surface area contributed by atoms with E-state index in [-0.39, 0.29) is 24.0 Å². The number of halogens is 2. The number of hydrogen-bond acceptors (Lipinski definition) is 4. The molecule has 7 nitrogen and oxygen atoms in total. The summed E-state index contributed by atoms with van der Waals surface area (Å²) in [6.07, 6.45) is 4.72. The molecule has 3 heterocycles. The third kappa shape index (κ3) is 5.14. The first kappa shape index (κ1) is 22.1. The zero-order valence-corrected chi connectivity index (χ0v) is 19.9.